The van der Waals surface area contributed by atoms with Crippen molar-refractivity contribution in [2.24, 2.45) is 0 Å². The zero-order valence-corrected chi connectivity index (χ0v) is 14.1. The van der Waals surface area contributed by atoms with Crippen LogP contribution in [0.25, 0.3) is 10.6 Å². The van der Waals surface area contributed by atoms with Crippen molar-refractivity contribution in [2.45, 2.75) is 33.0 Å². The number of thiazole rings is 1. The molecule has 0 bridgehead atoms. The Bertz CT molecular complexity index is 714. The van der Waals surface area contributed by atoms with E-state index in [0.29, 0.717) is 5.01 Å². The Morgan fingerprint density at radius 3 is 2.61 bits per heavy atom. The summed E-state index contributed by atoms with van der Waals surface area (Å²) < 4.78 is 24.8. The highest BCUT2D eigenvalue weighted by Gasteiger charge is 2.22. The molecule has 0 saturated heterocycles. The number of aliphatic hydroxyl groups excluding tert-OH is 1. The molecule has 5 nitrogen and oxygen atoms in total. The molecule has 2 aromatic rings. The molecule has 1 heterocycles. The van der Waals surface area contributed by atoms with Gasteiger partial charge in [-0.05, 0) is 32.9 Å². The van der Waals surface area contributed by atoms with Crippen LogP contribution in [-0.4, -0.2) is 35.4 Å². The van der Waals surface area contributed by atoms with E-state index >= 15 is 0 Å². The van der Waals surface area contributed by atoms with Crippen LogP contribution in [0.4, 0.5) is 4.39 Å². The van der Waals surface area contributed by atoms with E-state index in [4.69, 9.17) is 4.74 Å². The minimum Gasteiger partial charge on any atom is -0.488 e. The van der Waals surface area contributed by atoms with Crippen LogP contribution < -0.4 is 4.74 Å². The SMILES string of the molecule is COC(=O)c1cc(O[C@@H](C)[C@@H](C)O)cc(-c2ncc(C)s2)c1F. The van der Waals surface area contributed by atoms with Gasteiger partial charge in [0, 0.05) is 11.1 Å². The predicted molar refractivity (Wildman–Crippen MR) is 85.4 cm³/mol. The number of aromatic nitrogens is 1. The number of benzene rings is 1. The number of nitrogens with zero attached hydrogens (tertiary/aromatic N) is 1. The maximum Gasteiger partial charge on any atom is 0.341 e. The van der Waals surface area contributed by atoms with E-state index in [-0.39, 0.29) is 16.9 Å². The number of carbonyl (C=O) groups is 1. The number of aliphatic hydroxyl groups is 1. The Balaban J connectivity index is 2.54. The van der Waals surface area contributed by atoms with Crippen LogP contribution in [0.3, 0.4) is 0 Å². The maximum atomic E-state index is 14.6. The van der Waals surface area contributed by atoms with Crippen molar-refractivity contribution in [2.75, 3.05) is 7.11 Å². The van der Waals surface area contributed by atoms with Crippen molar-refractivity contribution in [3.05, 3.63) is 34.6 Å². The third kappa shape index (κ3) is 3.86. The van der Waals surface area contributed by atoms with Crippen molar-refractivity contribution in [3.8, 4) is 16.3 Å². The molecular weight excluding hydrogens is 321 g/mol. The average molecular weight is 339 g/mol. The number of hydrogen-bond acceptors (Lipinski definition) is 6. The number of halogens is 1. The molecule has 0 unspecified atom stereocenters. The highest BCUT2D eigenvalue weighted by Crippen LogP contribution is 2.33. The van der Waals surface area contributed by atoms with E-state index in [9.17, 15) is 14.3 Å². The second-order valence-corrected chi connectivity index (χ2v) is 6.40. The Hall–Kier alpha value is -1.99. The molecule has 2 atom stereocenters. The van der Waals surface area contributed by atoms with Crippen molar-refractivity contribution in [1.29, 1.82) is 0 Å². The fourth-order valence-corrected chi connectivity index (χ4v) is 2.65. The van der Waals surface area contributed by atoms with Crippen LogP contribution in [-0.2, 0) is 4.74 Å². The smallest absolute Gasteiger partial charge is 0.341 e. The number of aryl methyl sites for hydroxylation is 1. The van der Waals surface area contributed by atoms with Gasteiger partial charge in [-0.15, -0.1) is 11.3 Å². The van der Waals surface area contributed by atoms with E-state index < -0.39 is 24.0 Å². The van der Waals surface area contributed by atoms with E-state index in [1.807, 2.05) is 6.92 Å². The summed E-state index contributed by atoms with van der Waals surface area (Å²) in [6, 6.07) is 2.74. The molecule has 1 N–H and O–H groups in total. The van der Waals surface area contributed by atoms with Gasteiger partial charge in [-0.2, -0.15) is 0 Å². The molecule has 0 radical (unpaired) electrons. The first-order valence-corrected chi connectivity index (χ1v) is 7.84. The lowest BCUT2D eigenvalue weighted by atomic mass is 10.1. The van der Waals surface area contributed by atoms with E-state index in [2.05, 4.69) is 9.72 Å². The maximum absolute atomic E-state index is 14.6. The van der Waals surface area contributed by atoms with Crippen LogP contribution >= 0.6 is 11.3 Å². The van der Waals surface area contributed by atoms with Crippen LogP contribution in [0.2, 0.25) is 0 Å². The lowest BCUT2D eigenvalue weighted by Crippen LogP contribution is -2.25. The molecule has 23 heavy (non-hydrogen) atoms. The Kier molecular flexibility index (Phi) is 5.33. The van der Waals surface area contributed by atoms with Gasteiger partial charge in [-0.25, -0.2) is 14.2 Å². The second-order valence-electron chi connectivity index (χ2n) is 5.16. The van der Waals surface area contributed by atoms with Gasteiger partial charge in [-0.1, -0.05) is 0 Å². The normalized spacial score (nSPS) is 13.5. The predicted octanol–water partition coefficient (Wildman–Crippen LogP) is 3.19. The van der Waals surface area contributed by atoms with Gasteiger partial charge in [0.2, 0.25) is 0 Å². The Labute approximate surface area is 137 Å². The Morgan fingerprint density at radius 1 is 1.39 bits per heavy atom. The summed E-state index contributed by atoms with van der Waals surface area (Å²) >= 11 is 1.31. The number of ether oxygens (including phenoxy) is 2. The highest BCUT2D eigenvalue weighted by molar-refractivity contribution is 7.14. The summed E-state index contributed by atoms with van der Waals surface area (Å²) in [4.78, 5) is 16.9. The zero-order chi connectivity index (χ0) is 17.1. The lowest BCUT2D eigenvalue weighted by molar-refractivity contribution is 0.0577. The zero-order valence-electron chi connectivity index (χ0n) is 13.3. The number of esters is 1. The van der Waals surface area contributed by atoms with Gasteiger partial charge >= 0.3 is 5.97 Å². The standard InChI is InChI=1S/C16H18FNO4S/c1-8-7-18-15(23-8)12-5-11(22-10(3)9(2)19)6-13(14(12)17)16(20)21-4/h5-7,9-10,19H,1-4H3/t9-,10+/m1/s1. The summed E-state index contributed by atoms with van der Waals surface area (Å²) in [7, 11) is 1.18. The summed E-state index contributed by atoms with van der Waals surface area (Å²) in [5.41, 5.74) is -0.0653. The molecule has 1 aromatic carbocycles. The second kappa shape index (κ2) is 7.06. The van der Waals surface area contributed by atoms with Gasteiger partial charge in [0.25, 0.3) is 0 Å². The summed E-state index contributed by atoms with van der Waals surface area (Å²) in [6.07, 6.45) is 0.396. The largest absolute Gasteiger partial charge is 0.488 e. The Morgan fingerprint density at radius 2 is 2.09 bits per heavy atom. The topological polar surface area (TPSA) is 68.7 Å². The first-order valence-electron chi connectivity index (χ1n) is 7.02. The van der Waals surface area contributed by atoms with Gasteiger partial charge in [-0.3, -0.25) is 0 Å². The molecule has 0 amide bonds. The summed E-state index contributed by atoms with van der Waals surface area (Å²) in [6.45, 7) is 5.12. The minimum atomic E-state index is -0.799. The van der Waals surface area contributed by atoms with Gasteiger partial charge in [0.05, 0.1) is 24.3 Å². The monoisotopic (exact) mass is 339 g/mol. The van der Waals surface area contributed by atoms with Gasteiger partial charge < -0.3 is 14.6 Å². The number of methoxy groups -OCH3 is 1. The van der Waals surface area contributed by atoms with E-state index in [1.54, 1.807) is 20.0 Å². The third-order valence-electron chi connectivity index (χ3n) is 3.30. The average Bonchev–Trinajstić information content (AvgIpc) is 2.94. The van der Waals surface area contributed by atoms with Crippen LogP contribution in [0.5, 0.6) is 5.75 Å². The third-order valence-corrected chi connectivity index (χ3v) is 4.25. The van der Waals surface area contributed by atoms with Crippen molar-refractivity contribution in [3.63, 3.8) is 0 Å². The first kappa shape index (κ1) is 17.4. The van der Waals surface area contributed by atoms with Crippen molar-refractivity contribution in [1.82, 2.24) is 4.98 Å². The molecule has 1 aromatic heterocycles. The molecule has 0 aliphatic rings. The number of rotatable bonds is 5. The molecular formula is C16H18FNO4S. The van der Waals surface area contributed by atoms with E-state index in [1.165, 1.54) is 30.6 Å². The number of hydrogen-bond donors (Lipinski definition) is 1. The fourth-order valence-electron chi connectivity index (χ4n) is 1.87. The van der Waals surface area contributed by atoms with Crippen LogP contribution in [0.15, 0.2) is 18.3 Å². The fraction of sp³-hybridized carbons (Fsp3) is 0.375. The molecule has 7 heteroatoms. The molecule has 0 saturated carbocycles. The molecule has 0 aliphatic heterocycles. The number of carbonyl (C=O) groups excluding carboxylic acids is 1. The minimum absolute atomic E-state index is 0.166. The molecule has 0 aliphatic carbocycles. The molecule has 124 valence electrons. The van der Waals surface area contributed by atoms with Crippen LogP contribution in [0.1, 0.15) is 29.1 Å². The lowest BCUT2D eigenvalue weighted by Gasteiger charge is -2.18. The molecule has 0 spiro atoms. The first-order chi connectivity index (χ1) is 10.8. The van der Waals surface area contributed by atoms with Crippen LogP contribution in [0, 0.1) is 12.7 Å². The van der Waals surface area contributed by atoms with Gasteiger partial charge in [0.15, 0.2) is 0 Å². The summed E-state index contributed by atoms with van der Waals surface area (Å²) in [5.74, 6) is -1.24. The van der Waals surface area contributed by atoms with Crippen molar-refractivity contribution >= 4 is 17.3 Å². The van der Waals surface area contributed by atoms with Crippen molar-refractivity contribution < 1.29 is 23.8 Å². The summed E-state index contributed by atoms with van der Waals surface area (Å²) in [5, 5.41) is 9.99. The highest BCUT2D eigenvalue weighted by atomic mass is 32.1. The molecule has 2 rings (SSSR count). The quantitative estimate of drug-likeness (QED) is 0.847. The van der Waals surface area contributed by atoms with E-state index in [0.717, 1.165) is 4.88 Å². The van der Waals surface area contributed by atoms with Gasteiger partial charge in [0.1, 0.15) is 22.7 Å². The molecule has 0 fully saturated rings.